The lowest BCUT2D eigenvalue weighted by atomic mass is 9.85. The third kappa shape index (κ3) is 2.70. The van der Waals surface area contributed by atoms with Crippen molar-refractivity contribution in [2.75, 3.05) is 0 Å². The quantitative estimate of drug-likeness (QED) is 0.905. The molecule has 1 heterocycles. The van der Waals surface area contributed by atoms with Gasteiger partial charge in [0.05, 0.1) is 5.51 Å². The number of benzene rings is 1. The first-order valence-electron chi connectivity index (χ1n) is 5.56. The van der Waals surface area contributed by atoms with Crippen LogP contribution in [0.2, 0.25) is 0 Å². The summed E-state index contributed by atoms with van der Waals surface area (Å²) >= 11 is 1.58. The summed E-state index contributed by atoms with van der Waals surface area (Å²) in [6.45, 7) is 2.02. The molecule has 4 heteroatoms. The minimum Gasteiger partial charge on any atom is -0.321 e. The largest absolute Gasteiger partial charge is 0.321 e. The Labute approximate surface area is 104 Å². The molecule has 0 saturated carbocycles. The Balaban J connectivity index is 2.30. The molecule has 2 nitrogen and oxygen atoms in total. The van der Waals surface area contributed by atoms with Gasteiger partial charge in [0, 0.05) is 23.0 Å². The Morgan fingerprint density at radius 1 is 1.47 bits per heavy atom. The van der Waals surface area contributed by atoms with E-state index < -0.39 is 5.54 Å². The second-order valence-corrected chi connectivity index (χ2v) is 5.14. The average molecular weight is 250 g/mol. The number of halogens is 1. The van der Waals surface area contributed by atoms with Crippen LogP contribution in [0.3, 0.4) is 0 Å². The van der Waals surface area contributed by atoms with Crippen LogP contribution in [0.1, 0.15) is 23.8 Å². The van der Waals surface area contributed by atoms with E-state index in [0.29, 0.717) is 6.42 Å². The maximum atomic E-state index is 13.2. The Morgan fingerprint density at radius 3 is 2.88 bits per heavy atom. The number of nitrogens with zero attached hydrogens (tertiary/aromatic N) is 1. The summed E-state index contributed by atoms with van der Waals surface area (Å²) in [4.78, 5) is 5.16. The van der Waals surface area contributed by atoms with Crippen LogP contribution < -0.4 is 5.73 Å². The number of hydrogen-bond donors (Lipinski definition) is 1. The number of rotatable bonds is 4. The number of thiazole rings is 1. The summed E-state index contributed by atoms with van der Waals surface area (Å²) in [6.07, 6.45) is 3.27. The second kappa shape index (κ2) is 4.94. The summed E-state index contributed by atoms with van der Waals surface area (Å²) < 4.78 is 13.2. The van der Waals surface area contributed by atoms with Crippen LogP contribution in [0, 0.1) is 5.82 Å². The van der Waals surface area contributed by atoms with E-state index in [2.05, 4.69) is 4.98 Å². The van der Waals surface area contributed by atoms with Gasteiger partial charge in [-0.3, -0.25) is 4.98 Å². The third-order valence-corrected chi connectivity index (χ3v) is 3.78. The molecule has 17 heavy (non-hydrogen) atoms. The molecule has 90 valence electrons. The number of hydrogen-bond acceptors (Lipinski definition) is 3. The van der Waals surface area contributed by atoms with Gasteiger partial charge in [-0.2, -0.15) is 0 Å². The molecule has 0 amide bonds. The van der Waals surface area contributed by atoms with Crippen molar-refractivity contribution in [2.24, 2.45) is 5.73 Å². The van der Waals surface area contributed by atoms with E-state index >= 15 is 0 Å². The van der Waals surface area contributed by atoms with Gasteiger partial charge in [-0.25, -0.2) is 4.39 Å². The van der Waals surface area contributed by atoms with Crippen molar-refractivity contribution in [3.05, 3.63) is 52.2 Å². The van der Waals surface area contributed by atoms with Gasteiger partial charge in [-0.05, 0) is 24.1 Å². The molecule has 2 rings (SSSR count). The first kappa shape index (κ1) is 12.2. The lowest BCUT2D eigenvalue weighted by Gasteiger charge is -2.28. The predicted molar refractivity (Wildman–Crippen MR) is 68.4 cm³/mol. The summed E-state index contributed by atoms with van der Waals surface area (Å²) in [5.41, 5.74) is 8.50. The van der Waals surface area contributed by atoms with E-state index in [-0.39, 0.29) is 5.82 Å². The van der Waals surface area contributed by atoms with Crippen molar-refractivity contribution in [3.63, 3.8) is 0 Å². The van der Waals surface area contributed by atoms with Crippen molar-refractivity contribution in [1.29, 1.82) is 0 Å². The molecule has 1 aromatic carbocycles. The molecule has 0 aliphatic rings. The van der Waals surface area contributed by atoms with Crippen LogP contribution in [0.15, 0.2) is 36.0 Å². The van der Waals surface area contributed by atoms with Gasteiger partial charge in [0.25, 0.3) is 0 Å². The predicted octanol–water partition coefficient (Wildman–Crippen LogP) is 3.09. The SMILES string of the molecule is CCC(N)(Cc1cncs1)c1cccc(F)c1. The minimum absolute atomic E-state index is 0.241. The van der Waals surface area contributed by atoms with Crippen LogP contribution in [-0.4, -0.2) is 4.98 Å². The lowest BCUT2D eigenvalue weighted by Crippen LogP contribution is -2.38. The highest BCUT2D eigenvalue weighted by molar-refractivity contribution is 7.09. The molecule has 0 aliphatic heterocycles. The van der Waals surface area contributed by atoms with Gasteiger partial charge in [0.15, 0.2) is 0 Å². The van der Waals surface area contributed by atoms with E-state index in [0.717, 1.165) is 16.9 Å². The summed E-state index contributed by atoms with van der Waals surface area (Å²) in [7, 11) is 0. The van der Waals surface area contributed by atoms with E-state index in [9.17, 15) is 4.39 Å². The van der Waals surface area contributed by atoms with Crippen molar-refractivity contribution < 1.29 is 4.39 Å². The zero-order valence-electron chi connectivity index (χ0n) is 9.69. The minimum atomic E-state index is -0.519. The van der Waals surface area contributed by atoms with Crippen LogP contribution in [-0.2, 0) is 12.0 Å². The van der Waals surface area contributed by atoms with Crippen LogP contribution in [0.4, 0.5) is 4.39 Å². The maximum absolute atomic E-state index is 13.2. The maximum Gasteiger partial charge on any atom is 0.123 e. The highest BCUT2D eigenvalue weighted by Gasteiger charge is 2.26. The molecule has 0 aliphatic carbocycles. The van der Waals surface area contributed by atoms with E-state index in [1.54, 1.807) is 22.9 Å². The smallest absolute Gasteiger partial charge is 0.123 e. The van der Waals surface area contributed by atoms with Crippen LogP contribution in [0.25, 0.3) is 0 Å². The Hall–Kier alpha value is -1.26. The lowest BCUT2D eigenvalue weighted by molar-refractivity contribution is 0.425. The van der Waals surface area contributed by atoms with Gasteiger partial charge in [0.2, 0.25) is 0 Å². The summed E-state index contributed by atoms with van der Waals surface area (Å²) in [5, 5.41) is 0. The molecule has 0 spiro atoms. The molecule has 0 fully saturated rings. The zero-order chi connectivity index (χ0) is 12.3. The second-order valence-electron chi connectivity index (χ2n) is 4.16. The molecule has 2 aromatic rings. The fourth-order valence-electron chi connectivity index (χ4n) is 1.87. The van der Waals surface area contributed by atoms with E-state index in [4.69, 9.17) is 5.73 Å². The van der Waals surface area contributed by atoms with E-state index in [1.165, 1.54) is 12.1 Å². The van der Waals surface area contributed by atoms with Gasteiger partial charge in [0.1, 0.15) is 5.82 Å². The van der Waals surface area contributed by atoms with Gasteiger partial charge >= 0.3 is 0 Å². The van der Waals surface area contributed by atoms with E-state index in [1.807, 2.05) is 19.2 Å². The third-order valence-electron chi connectivity index (χ3n) is 3.00. The average Bonchev–Trinajstić information content (AvgIpc) is 2.81. The monoisotopic (exact) mass is 250 g/mol. The highest BCUT2D eigenvalue weighted by atomic mass is 32.1. The molecular formula is C13H15FN2S. The summed E-state index contributed by atoms with van der Waals surface area (Å²) in [5.74, 6) is -0.241. The molecule has 2 N–H and O–H groups in total. The first-order chi connectivity index (χ1) is 8.14. The normalized spacial score (nSPS) is 14.5. The first-order valence-corrected chi connectivity index (χ1v) is 6.44. The molecule has 0 bridgehead atoms. The number of nitrogens with two attached hydrogens (primary N) is 1. The zero-order valence-corrected chi connectivity index (χ0v) is 10.5. The molecule has 0 saturated heterocycles. The molecule has 1 unspecified atom stereocenters. The topological polar surface area (TPSA) is 38.9 Å². The Kier molecular flexibility index (Phi) is 3.54. The Morgan fingerprint density at radius 2 is 2.29 bits per heavy atom. The van der Waals surface area contributed by atoms with Gasteiger partial charge in [-0.15, -0.1) is 11.3 Å². The van der Waals surface area contributed by atoms with Gasteiger partial charge in [-0.1, -0.05) is 19.1 Å². The molecule has 0 radical (unpaired) electrons. The number of aromatic nitrogens is 1. The highest BCUT2D eigenvalue weighted by Crippen LogP contribution is 2.28. The summed E-state index contributed by atoms with van der Waals surface area (Å²) in [6, 6.07) is 6.54. The van der Waals surface area contributed by atoms with Crippen molar-refractivity contribution >= 4 is 11.3 Å². The van der Waals surface area contributed by atoms with Crippen molar-refractivity contribution in [1.82, 2.24) is 4.98 Å². The van der Waals surface area contributed by atoms with Crippen molar-refractivity contribution in [3.8, 4) is 0 Å². The molecule has 1 atom stereocenters. The standard InChI is InChI=1S/C13H15FN2S/c1-2-13(15,7-12-8-16-9-17-12)10-4-3-5-11(14)6-10/h3-6,8-9H,2,7,15H2,1H3. The van der Waals surface area contributed by atoms with Gasteiger partial charge < -0.3 is 5.73 Å². The fraction of sp³-hybridized carbons (Fsp3) is 0.308. The molecule has 1 aromatic heterocycles. The van der Waals surface area contributed by atoms with Crippen LogP contribution in [0.5, 0.6) is 0 Å². The molecular weight excluding hydrogens is 235 g/mol. The van der Waals surface area contributed by atoms with Crippen molar-refractivity contribution in [2.45, 2.75) is 25.3 Å². The Bertz CT molecular complexity index is 484. The fourth-order valence-corrected chi connectivity index (χ4v) is 2.59. The van der Waals surface area contributed by atoms with Crippen LogP contribution >= 0.6 is 11.3 Å².